The lowest BCUT2D eigenvalue weighted by Crippen LogP contribution is -2.44. The fourth-order valence-electron chi connectivity index (χ4n) is 2.88. The van der Waals surface area contributed by atoms with Gasteiger partial charge in [-0.2, -0.15) is 0 Å². The SMILES string of the molecule is CC(=O)N1CCC(N[C@@H](C)c2cc(C)sc2C)CC1. The molecule has 0 saturated carbocycles. The molecule has 0 aromatic carbocycles. The van der Waals surface area contributed by atoms with E-state index in [2.05, 4.69) is 32.2 Å². The van der Waals surface area contributed by atoms with Crippen LogP contribution in [-0.4, -0.2) is 29.9 Å². The van der Waals surface area contributed by atoms with Crippen LogP contribution in [-0.2, 0) is 4.79 Å². The average molecular weight is 280 g/mol. The number of nitrogens with zero attached hydrogens (tertiary/aromatic N) is 1. The first kappa shape index (κ1) is 14.5. The highest BCUT2D eigenvalue weighted by molar-refractivity contribution is 7.12. The Hall–Kier alpha value is -0.870. The number of carbonyl (C=O) groups excluding carboxylic acids is 1. The lowest BCUT2D eigenvalue weighted by atomic mass is 10.0. The predicted molar refractivity (Wildman–Crippen MR) is 80.6 cm³/mol. The van der Waals surface area contributed by atoms with Gasteiger partial charge in [0.1, 0.15) is 0 Å². The molecule has 1 saturated heterocycles. The van der Waals surface area contributed by atoms with Crippen molar-refractivity contribution in [2.24, 2.45) is 0 Å². The Morgan fingerprint density at radius 3 is 2.53 bits per heavy atom. The number of likely N-dealkylation sites (tertiary alicyclic amines) is 1. The average Bonchev–Trinajstić information content (AvgIpc) is 2.69. The maximum atomic E-state index is 11.3. The molecule has 0 unspecified atom stereocenters. The van der Waals surface area contributed by atoms with Crippen molar-refractivity contribution in [1.82, 2.24) is 10.2 Å². The third-order valence-electron chi connectivity index (χ3n) is 3.97. The molecular formula is C15H24N2OS. The smallest absolute Gasteiger partial charge is 0.219 e. The van der Waals surface area contributed by atoms with Crippen LogP contribution in [0.1, 0.15) is 48.0 Å². The van der Waals surface area contributed by atoms with Gasteiger partial charge in [-0.25, -0.2) is 0 Å². The van der Waals surface area contributed by atoms with Crippen LogP contribution in [0.3, 0.4) is 0 Å². The van der Waals surface area contributed by atoms with E-state index >= 15 is 0 Å². The van der Waals surface area contributed by atoms with E-state index in [0.717, 1.165) is 25.9 Å². The Labute approximate surface area is 120 Å². The first-order valence-corrected chi connectivity index (χ1v) is 7.87. The van der Waals surface area contributed by atoms with Gasteiger partial charge in [-0.1, -0.05) is 0 Å². The van der Waals surface area contributed by atoms with E-state index in [1.165, 1.54) is 15.3 Å². The predicted octanol–water partition coefficient (Wildman–Crippen LogP) is 3.03. The van der Waals surface area contributed by atoms with Crippen LogP contribution in [0, 0.1) is 13.8 Å². The van der Waals surface area contributed by atoms with Gasteiger partial charge in [0.15, 0.2) is 0 Å². The number of hydrogen-bond acceptors (Lipinski definition) is 3. The zero-order chi connectivity index (χ0) is 14.0. The summed E-state index contributed by atoms with van der Waals surface area (Å²) >= 11 is 1.87. The van der Waals surface area contributed by atoms with Gasteiger partial charge in [-0.3, -0.25) is 4.79 Å². The Kier molecular flexibility index (Phi) is 4.63. The summed E-state index contributed by atoms with van der Waals surface area (Å²) < 4.78 is 0. The van der Waals surface area contributed by atoms with Crippen LogP contribution in [0.15, 0.2) is 6.07 Å². The molecule has 1 fully saturated rings. The first-order chi connectivity index (χ1) is 8.97. The van der Waals surface area contributed by atoms with E-state index in [9.17, 15) is 4.79 Å². The summed E-state index contributed by atoms with van der Waals surface area (Å²) in [4.78, 5) is 16.0. The third kappa shape index (κ3) is 3.57. The number of piperidine rings is 1. The number of nitrogens with one attached hydrogen (secondary N) is 1. The molecule has 1 aliphatic heterocycles. The van der Waals surface area contributed by atoms with Crippen LogP contribution < -0.4 is 5.32 Å². The molecule has 19 heavy (non-hydrogen) atoms. The van der Waals surface area contributed by atoms with Gasteiger partial charge in [0, 0.05) is 41.9 Å². The monoisotopic (exact) mass is 280 g/mol. The topological polar surface area (TPSA) is 32.3 Å². The molecule has 0 radical (unpaired) electrons. The molecule has 1 aliphatic rings. The Bertz CT molecular complexity index is 447. The standard InChI is InChI=1S/C15H24N2OS/c1-10-9-15(12(3)19-10)11(2)16-14-5-7-17(8-6-14)13(4)18/h9,11,14,16H,5-8H2,1-4H3/t11-/m0/s1. The van der Waals surface area contributed by atoms with Crippen molar-refractivity contribution in [3.8, 4) is 0 Å². The van der Waals surface area contributed by atoms with E-state index in [1.54, 1.807) is 6.92 Å². The summed E-state index contributed by atoms with van der Waals surface area (Å²) in [6.07, 6.45) is 2.12. The summed E-state index contributed by atoms with van der Waals surface area (Å²) in [6.45, 7) is 10.0. The van der Waals surface area contributed by atoms with Crippen molar-refractivity contribution >= 4 is 17.2 Å². The largest absolute Gasteiger partial charge is 0.343 e. The number of carbonyl (C=O) groups is 1. The van der Waals surface area contributed by atoms with E-state index in [-0.39, 0.29) is 5.91 Å². The normalized spacial score (nSPS) is 18.6. The van der Waals surface area contributed by atoms with Crippen LogP contribution in [0.2, 0.25) is 0 Å². The van der Waals surface area contributed by atoms with Crippen LogP contribution in [0.5, 0.6) is 0 Å². The molecule has 0 spiro atoms. The van der Waals surface area contributed by atoms with Crippen molar-refractivity contribution in [2.45, 2.75) is 52.6 Å². The second-order valence-electron chi connectivity index (χ2n) is 5.54. The van der Waals surface area contributed by atoms with E-state index in [4.69, 9.17) is 0 Å². The van der Waals surface area contributed by atoms with Crippen molar-refractivity contribution < 1.29 is 4.79 Å². The lowest BCUT2D eigenvalue weighted by molar-refractivity contribution is -0.129. The minimum atomic E-state index is 0.204. The zero-order valence-corrected chi connectivity index (χ0v) is 13.1. The summed E-state index contributed by atoms with van der Waals surface area (Å²) in [5, 5.41) is 3.72. The molecule has 1 amide bonds. The molecule has 2 heterocycles. The highest BCUT2D eigenvalue weighted by Gasteiger charge is 2.22. The summed E-state index contributed by atoms with van der Waals surface area (Å²) in [5.74, 6) is 0.204. The molecule has 1 aromatic heterocycles. The Morgan fingerprint density at radius 2 is 2.05 bits per heavy atom. The molecular weight excluding hydrogens is 256 g/mol. The van der Waals surface area contributed by atoms with Gasteiger partial charge >= 0.3 is 0 Å². The Balaban J connectivity index is 1.89. The Morgan fingerprint density at radius 1 is 1.42 bits per heavy atom. The van der Waals surface area contributed by atoms with Gasteiger partial charge in [-0.15, -0.1) is 11.3 Å². The molecule has 106 valence electrons. The van der Waals surface area contributed by atoms with Crippen molar-refractivity contribution in [2.75, 3.05) is 13.1 Å². The third-order valence-corrected chi connectivity index (χ3v) is 4.95. The second-order valence-corrected chi connectivity index (χ2v) is 7.00. The summed E-state index contributed by atoms with van der Waals surface area (Å²) in [5.41, 5.74) is 1.43. The van der Waals surface area contributed by atoms with Gasteiger partial charge in [-0.05, 0) is 45.2 Å². The summed E-state index contributed by atoms with van der Waals surface area (Å²) in [6, 6.07) is 3.23. The van der Waals surface area contributed by atoms with E-state index in [0.29, 0.717) is 12.1 Å². The molecule has 0 aliphatic carbocycles. The quantitative estimate of drug-likeness (QED) is 0.923. The van der Waals surface area contributed by atoms with Gasteiger partial charge in [0.25, 0.3) is 0 Å². The molecule has 1 N–H and O–H groups in total. The molecule has 0 bridgehead atoms. The highest BCUT2D eigenvalue weighted by atomic mass is 32.1. The minimum Gasteiger partial charge on any atom is -0.343 e. The first-order valence-electron chi connectivity index (χ1n) is 7.06. The minimum absolute atomic E-state index is 0.204. The van der Waals surface area contributed by atoms with Crippen LogP contribution >= 0.6 is 11.3 Å². The second kappa shape index (κ2) is 6.06. The zero-order valence-electron chi connectivity index (χ0n) is 12.3. The van der Waals surface area contributed by atoms with Crippen molar-refractivity contribution in [3.05, 3.63) is 21.4 Å². The van der Waals surface area contributed by atoms with Gasteiger partial charge < -0.3 is 10.2 Å². The molecule has 1 aromatic rings. The van der Waals surface area contributed by atoms with Gasteiger partial charge in [0.05, 0.1) is 0 Å². The van der Waals surface area contributed by atoms with E-state index in [1.807, 2.05) is 16.2 Å². The maximum absolute atomic E-state index is 11.3. The number of amides is 1. The van der Waals surface area contributed by atoms with Crippen LogP contribution in [0.4, 0.5) is 0 Å². The lowest BCUT2D eigenvalue weighted by Gasteiger charge is -2.33. The highest BCUT2D eigenvalue weighted by Crippen LogP contribution is 2.27. The number of thiophene rings is 1. The molecule has 1 atom stereocenters. The van der Waals surface area contributed by atoms with Crippen molar-refractivity contribution in [3.63, 3.8) is 0 Å². The molecule has 3 nitrogen and oxygen atoms in total. The van der Waals surface area contributed by atoms with Crippen molar-refractivity contribution in [1.29, 1.82) is 0 Å². The molecule has 4 heteroatoms. The van der Waals surface area contributed by atoms with E-state index < -0.39 is 0 Å². The summed E-state index contributed by atoms with van der Waals surface area (Å²) in [7, 11) is 0. The van der Waals surface area contributed by atoms with Crippen LogP contribution in [0.25, 0.3) is 0 Å². The number of rotatable bonds is 3. The van der Waals surface area contributed by atoms with Gasteiger partial charge in [0.2, 0.25) is 5.91 Å². The molecule has 2 rings (SSSR count). The maximum Gasteiger partial charge on any atom is 0.219 e. The number of hydrogen-bond donors (Lipinski definition) is 1. The fraction of sp³-hybridized carbons (Fsp3) is 0.667. The fourth-order valence-corrected chi connectivity index (χ4v) is 3.91. The number of aryl methyl sites for hydroxylation is 2.